The van der Waals surface area contributed by atoms with Crippen molar-refractivity contribution < 1.29 is 23.8 Å². The van der Waals surface area contributed by atoms with E-state index in [0.29, 0.717) is 49.2 Å². The Morgan fingerprint density at radius 3 is 2.31 bits per heavy atom. The minimum Gasteiger partial charge on any atom is -0.450 e. The molecule has 1 atom stereocenters. The highest BCUT2D eigenvalue weighted by Gasteiger charge is 2.28. The molecular weight excluding hydrogens is 375 g/mol. The van der Waals surface area contributed by atoms with Crippen molar-refractivity contribution in [3.05, 3.63) is 71.0 Å². The maximum Gasteiger partial charge on any atom is 0.506 e. The number of piperidine rings is 1. The Morgan fingerprint density at radius 1 is 1.14 bits per heavy atom. The van der Waals surface area contributed by atoms with Gasteiger partial charge in [0.2, 0.25) is 0 Å². The number of ketones is 1. The van der Waals surface area contributed by atoms with E-state index in [1.165, 1.54) is 24.3 Å². The number of ether oxygens (including phenoxy) is 1. The zero-order valence-electron chi connectivity index (χ0n) is 15.8. The van der Waals surface area contributed by atoms with Gasteiger partial charge in [0.05, 0.1) is 11.6 Å². The lowest BCUT2D eigenvalue weighted by molar-refractivity contribution is 0.0268. The number of hydrogen-bond acceptors (Lipinski definition) is 5. The maximum absolute atomic E-state index is 13.1. The molecule has 1 saturated heterocycles. The van der Waals surface area contributed by atoms with Crippen molar-refractivity contribution in [1.82, 2.24) is 4.90 Å². The third-order valence-electron chi connectivity index (χ3n) is 5.17. The molecule has 0 aromatic heterocycles. The molecule has 1 unspecified atom stereocenters. The van der Waals surface area contributed by atoms with Crippen molar-refractivity contribution in [2.45, 2.75) is 18.9 Å². The van der Waals surface area contributed by atoms with Crippen molar-refractivity contribution >= 4 is 11.9 Å². The van der Waals surface area contributed by atoms with Crippen LogP contribution in [0.4, 0.5) is 9.18 Å². The standard InChI is InChI=1S/C22H21FN2O4/c23-19-7-5-17(6-8-19)21(26)18-9-11-25(12-10-18)14-20(29-22(27)28)16-3-1-15(13-24)2-4-16/h1-8,18,20H,9-12,14H2,(H,27,28). The van der Waals surface area contributed by atoms with Gasteiger partial charge in [-0.1, -0.05) is 12.1 Å². The van der Waals surface area contributed by atoms with E-state index in [1.54, 1.807) is 24.3 Å². The molecular formula is C22H21FN2O4. The Kier molecular flexibility index (Phi) is 6.57. The van der Waals surface area contributed by atoms with Gasteiger partial charge >= 0.3 is 6.16 Å². The SMILES string of the molecule is N#Cc1ccc(C(CN2CCC(C(=O)c3ccc(F)cc3)CC2)OC(=O)O)cc1. The van der Waals surface area contributed by atoms with Crippen LogP contribution in [0.5, 0.6) is 0 Å². The first kappa shape index (κ1) is 20.5. The molecule has 1 aliphatic rings. The molecule has 150 valence electrons. The van der Waals surface area contributed by atoms with E-state index in [1.807, 2.05) is 6.07 Å². The summed E-state index contributed by atoms with van der Waals surface area (Å²) in [4.78, 5) is 25.8. The van der Waals surface area contributed by atoms with Crippen LogP contribution in [0, 0.1) is 23.1 Å². The Labute approximate surface area is 168 Å². The fraction of sp³-hybridized carbons (Fsp3) is 0.318. The molecule has 0 saturated carbocycles. The third-order valence-corrected chi connectivity index (χ3v) is 5.17. The fourth-order valence-electron chi connectivity index (χ4n) is 3.57. The van der Waals surface area contributed by atoms with Crippen LogP contribution < -0.4 is 0 Å². The van der Waals surface area contributed by atoms with E-state index in [0.717, 1.165) is 0 Å². The highest BCUT2D eigenvalue weighted by Crippen LogP contribution is 2.26. The summed E-state index contributed by atoms with van der Waals surface area (Å²) in [6, 6.07) is 14.2. The quantitative estimate of drug-likeness (QED) is 0.586. The summed E-state index contributed by atoms with van der Waals surface area (Å²) in [5.41, 5.74) is 1.67. The van der Waals surface area contributed by atoms with Crippen molar-refractivity contribution in [2.75, 3.05) is 19.6 Å². The Balaban J connectivity index is 1.60. The second-order valence-electron chi connectivity index (χ2n) is 7.05. The van der Waals surface area contributed by atoms with Gasteiger partial charge in [0, 0.05) is 18.0 Å². The largest absolute Gasteiger partial charge is 0.506 e. The zero-order valence-corrected chi connectivity index (χ0v) is 15.8. The molecule has 0 bridgehead atoms. The molecule has 0 amide bonds. The van der Waals surface area contributed by atoms with E-state index >= 15 is 0 Å². The number of carbonyl (C=O) groups is 2. The van der Waals surface area contributed by atoms with Crippen LogP contribution in [0.1, 0.15) is 40.4 Å². The minimum absolute atomic E-state index is 0.00933. The minimum atomic E-state index is -1.36. The predicted molar refractivity (Wildman–Crippen MR) is 103 cm³/mol. The van der Waals surface area contributed by atoms with Crippen molar-refractivity contribution in [1.29, 1.82) is 5.26 Å². The number of nitriles is 1. The lowest BCUT2D eigenvalue weighted by Gasteiger charge is -2.33. The van der Waals surface area contributed by atoms with Gasteiger partial charge in [-0.15, -0.1) is 0 Å². The maximum atomic E-state index is 13.1. The first-order chi connectivity index (χ1) is 14.0. The van der Waals surface area contributed by atoms with Crippen LogP contribution in [-0.4, -0.2) is 41.6 Å². The van der Waals surface area contributed by atoms with Gasteiger partial charge < -0.3 is 9.84 Å². The van der Waals surface area contributed by atoms with Crippen molar-refractivity contribution in [3.8, 4) is 6.07 Å². The number of rotatable bonds is 6. The molecule has 1 heterocycles. The molecule has 29 heavy (non-hydrogen) atoms. The Hall–Kier alpha value is -3.24. The van der Waals surface area contributed by atoms with Crippen LogP contribution in [0.3, 0.4) is 0 Å². The molecule has 1 fully saturated rings. The average molecular weight is 396 g/mol. The van der Waals surface area contributed by atoms with Crippen molar-refractivity contribution in [2.24, 2.45) is 5.92 Å². The highest BCUT2D eigenvalue weighted by atomic mass is 19.1. The van der Waals surface area contributed by atoms with E-state index < -0.39 is 12.3 Å². The number of nitrogens with zero attached hydrogens (tertiary/aromatic N) is 2. The molecule has 6 nitrogen and oxygen atoms in total. The first-order valence-corrected chi connectivity index (χ1v) is 9.38. The Morgan fingerprint density at radius 2 is 1.76 bits per heavy atom. The number of halogens is 1. The first-order valence-electron chi connectivity index (χ1n) is 9.38. The van der Waals surface area contributed by atoms with Gasteiger partial charge in [-0.25, -0.2) is 9.18 Å². The van der Waals surface area contributed by atoms with Crippen LogP contribution in [-0.2, 0) is 4.74 Å². The smallest absolute Gasteiger partial charge is 0.450 e. The molecule has 0 spiro atoms. The number of carbonyl (C=O) groups excluding carboxylic acids is 1. The summed E-state index contributed by atoms with van der Waals surface area (Å²) in [5.74, 6) is -0.496. The molecule has 2 aromatic carbocycles. The second kappa shape index (κ2) is 9.30. The van der Waals surface area contributed by atoms with E-state index in [2.05, 4.69) is 4.90 Å². The third kappa shape index (κ3) is 5.39. The van der Waals surface area contributed by atoms with Gasteiger partial charge in [0.15, 0.2) is 5.78 Å². The lowest BCUT2D eigenvalue weighted by Crippen LogP contribution is -2.39. The fourth-order valence-corrected chi connectivity index (χ4v) is 3.57. The van der Waals surface area contributed by atoms with Crippen LogP contribution in [0.25, 0.3) is 0 Å². The number of likely N-dealkylation sites (tertiary alicyclic amines) is 1. The summed E-state index contributed by atoms with van der Waals surface area (Å²) >= 11 is 0. The molecule has 0 radical (unpaired) electrons. The van der Waals surface area contributed by atoms with E-state index in [9.17, 15) is 14.0 Å². The molecule has 2 aromatic rings. The Bertz CT molecular complexity index is 898. The van der Waals surface area contributed by atoms with Gasteiger partial charge in [0.25, 0.3) is 0 Å². The molecule has 3 rings (SSSR count). The molecule has 7 heteroatoms. The van der Waals surface area contributed by atoms with E-state index in [-0.39, 0.29) is 17.5 Å². The predicted octanol–water partition coefficient (Wildman–Crippen LogP) is 4.03. The van der Waals surface area contributed by atoms with Crippen LogP contribution in [0.15, 0.2) is 48.5 Å². The van der Waals surface area contributed by atoms with Gasteiger partial charge in [-0.05, 0) is 67.9 Å². The summed E-state index contributed by atoms with van der Waals surface area (Å²) in [6.45, 7) is 1.64. The number of Topliss-reactive ketones (excluding diaryl/α,β-unsaturated/α-hetero) is 1. The van der Waals surface area contributed by atoms with Crippen LogP contribution >= 0.6 is 0 Å². The normalized spacial score (nSPS) is 16.0. The van der Waals surface area contributed by atoms with E-state index in [4.69, 9.17) is 15.1 Å². The number of hydrogen-bond donors (Lipinski definition) is 1. The highest BCUT2D eigenvalue weighted by molar-refractivity contribution is 5.97. The molecule has 1 N–H and O–H groups in total. The van der Waals surface area contributed by atoms with Crippen LogP contribution in [0.2, 0.25) is 0 Å². The second-order valence-corrected chi connectivity index (χ2v) is 7.05. The summed E-state index contributed by atoms with van der Waals surface area (Å²) in [7, 11) is 0. The number of benzene rings is 2. The monoisotopic (exact) mass is 396 g/mol. The zero-order chi connectivity index (χ0) is 20.8. The molecule has 0 aliphatic carbocycles. The van der Waals surface area contributed by atoms with Gasteiger partial charge in [-0.2, -0.15) is 5.26 Å². The molecule has 1 aliphatic heterocycles. The summed E-state index contributed by atoms with van der Waals surface area (Å²) in [5, 5.41) is 18.0. The number of carboxylic acid groups (broad SMARTS) is 1. The topological polar surface area (TPSA) is 90.6 Å². The lowest BCUT2D eigenvalue weighted by atomic mass is 9.88. The summed E-state index contributed by atoms with van der Waals surface area (Å²) in [6.07, 6.45) is -0.752. The summed E-state index contributed by atoms with van der Waals surface area (Å²) < 4.78 is 18.1. The van der Waals surface area contributed by atoms with Gasteiger partial charge in [0.1, 0.15) is 11.9 Å². The average Bonchev–Trinajstić information content (AvgIpc) is 2.73. The van der Waals surface area contributed by atoms with Crippen molar-refractivity contribution in [3.63, 3.8) is 0 Å². The van der Waals surface area contributed by atoms with Gasteiger partial charge in [-0.3, -0.25) is 9.69 Å².